The SMILES string of the molecule is CN(c1ccccc1)S(=O)(=O)c1cccc(NS(=O)(=O)c2ccc(F)cc2Cl)c1. The molecule has 3 aromatic rings. The minimum atomic E-state index is -4.15. The summed E-state index contributed by atoms with van der Waals surface area (Å²) in [5, 5.41) is -0.287. The molecule has 0 heterocycles. The molecule has 0 aliphatic heterocycles. The van der Waals surface area contributed by atoms with Crippen molar-refractivity contribution in [3.8, 4) is 0 Å². The van der Waals surface area contributed by atoms with Crippen LogP contribution >= 0.6 is 11.6 Å². The first kappa shape index (κ1) is 21.1. The number of rotatable bonds is 6. The van der Waals surface area contributed by atoms with Crippen molar-refractivity contribution in [2.24, 2.45) is 0 Å². The normalized spacial score (nSPS) is 11.8. The molecule has 152 valence electrons. The average molecular weight is 455 g/mol. The summed E-state index contributed by atoms with van der Waals surface area (Å²) in [5.41, 5.74) is 0.476. The minimum absolute atomic E-state index is 0.0212. The van der Waals surface area contributed by atoms with E-state index in [-0.39, 0.29) is 20.5 Å². The first-order valence-corrected chi connectivity index (χ1v) is 11.5. The highest BCUT2D eigenvalue weighted by molar-refractivity contribution is 7.93. The summed E-state index contributed by atoms with van der Waals surface area (Å²) in [7, 11) is -6.68. The van der Waals surface area contributed by atoms with Gasteiger partial charge in [-0.3, -0.25) is 9.03 Å². The summed E-state index contributed by atoms with van der Waals surface area (Å²) in [5.74, 6) is -0.675. The highest BCUT2D eigenvalue weighted by Gasteiger charge is 2.23. The highest BCUT2D eigenvalue weighted by atomic mass is 35.5. The van der Waals surface area contributed by atoms with Gasteiger partial charge in [-0.05, 0) is 48.5 Å². The van der Waals surface area contributed by atoms with Gasteiger partial charge in [0.25, 0.3) is 20.0 Å². The Labute approximate surface area is 173 Å². The lowest BCUT2D eigenvalue weighted by atomic mass is 10.3. The molecule has 3 rings (SSSR count). The van der Waals surface area contributed by atoms with E-state index in [1.54, 1.807) is 30.3 Å². The van der Waals surface area contributed by atoms with E-state index >= 15 is 0 Å². The predicted octanol–water partition coefficient (Wildman–Crippen LogP) is 4.11. The van der Waals surface area contributed by atoms with Crippen molar-refractivity contribution in [3.05, 3.63) is 83.6 Å². The quantitative estimate of drug-likeness (QED) is 0.607. The Hall–Kier alpha value is -2.62. The van der Waals surface area contributed by atoms with Gasteiger partial charge in [0.1, 0.15) is 10.7 Å². The maximum absolute atomic E-state index is 13.2. The Morgan fingerprint density at radius 3 is 2.24 bits per heavy atom. The van der Waals surface area contributed by atoms with E-state index in [1.165, 1.54) is 31.3 Å². The number of sulfonamides is 2. The average Bonchev–Trinajstić information content (AvgIpc) is 2.67. The molecule has 0 saturated heterocycles. The van der Waals surface area contributed by atoms with E-state index in [2.05, 4.69) is 4.72 Å². The second kappa shape index (κ2) is 8.02. The highest BCUT2D eigenvalue weighted by Crippen LogP contribution is 2.27. The summed E-state index contributed by atoms with van der Waals surface area (Å²) in [4.78, 5) is -0.426. The van der Waals surface area contributed by atoms with Crippen molar-refractivity contribution in [2.45, 2.75) is 9.79 Å². The first-order valence-electron chi connectivity index (χ1n) is 8.23. The van der Waals surface area contributed by atoms with Gasteiger partial charge < -0.3 is 0 Å². The second-order valence-corrected chi connectivity index (χ2v) is 10.0. The Kier molecular flexibility index (Phi) is 5.83. The molecular formula is C19H16ClFN2O4S2. The van der Waals surface area contributed by atoms with Gasteiger partial charge in [0.15, 0.2) is 0 Å². The monoisotopic (exact) mass is 454 g/mol. The Morgan fingerprint density at radius 2 is 1.59 bits per heavy atom. The number of nitrogens with one attached hydrogen (secondary N) is 1. The fourth-order valence-corrected chi connectivity index (χ4v) is 5.38. The maximum Gasteiger partial charge on any atom is 0.264 e. The smallest absolute Gasteiger partial charge is 0.264 e. The van der Waals surface area contributed by atoms with Crippen molar-refractivity contribution in [2.75, 3.05) is 16.1 Å². The zero-order valence-electron chi connectivity index (χ0n) is 15.1. The van der Waals surface area contributed by atoms with Gasteiger partial charge in [0.05, 0.1) is 21.3 Å². The summed E-state index contributed by atoms with van der Waals surface area (Å²) >= 11 is 5.83. The van der Waals surface area contributed by atoms with Crippen LogP contribution in [0.25, 0.3) is 0 Å². The molecule has 3 aromatic carbocycles. The van der Waals surface area contributed by atoms with E-state index < -0.39 is 25.9 Å². The van der Waals surface area contributed by atoms with Crippen molar-refractivity contribution in [1.82, 2.24) is 0 Å². The number of halogens is 2. The summed E-state index contributed by atoms with van der Waals surface area (Å²) in [6, 6.07) is 16.7. The Bertz CT molecular complexity index is 1250. The Morgan fingerprint density at radius 1 is 0.897 bits per heavy atom. The van der Waals surface area contributed by atoms with E-state index in [4.69, 9.17) is 11.6 Å². The molecule has 0 aliphatic rings. The van der Waals surface area contributed by atoms with Gasteiger partial charge in [0, 0.05) is 7.05 Å². The molecule has 0 radical (unpaired) electrons. The number of hydrogen-bond donors (Lipinski definition) is 1. The fourth-order valence-electron chi connectivity index (χ4n) is 2.56. The number of nitrogens with zero attached hydrogens (tertiary/aromatic N) is 1. The van der Waals surface area contributed by atoms with Crippen LogP contribution in [0.1, 0.15) is 0 Å². The van der Waals surface area contributed by atoms with Gasteiger partial charge in [0.2, 0.25) is 0 Å². The van der Waals surface area contributed by atoms with Crippen molar-refractivity contribution in [3.63, 3.8) is 0 Å². The van der Waals surface area contributed by atoms with E-state index in [0.29, 0.717) is 5.69 Å². The number of para-hydroxylation sites is 1. The molecule has 0 saturated carbocycles. The van der Waals surface area contributed by atoms with Crippen LogP contribution in [0, 0.1) is 5.82 Å². The van der Waals surface area contributed by atoms with Crippen LogP contribution in [-0.2, 0) is 20.0 Å². The van der Waals surface area contributed by atoms with Crippen LogP contribution in [0.15, 0.2) is 82.6 Å². The molecule has 0 atom stereocenters. The first-order chi connectivity index (χ1) is 13.6. The van der Waals surface area contributed by atoms with E-state index in [9.17, 15) is 21.2 Å². The molecule has 0 spiro atoms. The minimum Gasteiger partial charge on any atom is -0.280 e. The third-order valence-electron chi connectivity index (χ3n) is 4.05. The van der Waals surface area contributed by atoms with E-state index in [0.717, 1.165) is 22.5 Å². The summed E-state index contributed by atoms with van der Waals surface area (Å²) in [6.07, 6.45) is 0. The van der Waals surface area contributed by atoms with Gasteiger partial charge in [-0.2, -0.15) is 0 Å². The third-order valence-corrected chi connectivity index (χ3v) is 7.69. The second-order valence-electron chi connectivity index (χ2n) is 6.02. The van der Waals surface area contributed by atoms with Crippen molar-refractivity contribution >= 4 is 43.0 Å². The molecule has 0 bridgehead atoms. The molecule has 0 aromatic heterocycles. The van der Waals surface area contributed by atoms with Gasteiger partial charge in [-0.15, -0.1) is 0 Å². The lowest BCUT2D eigenvalue weighted by molar-refractivity contribution is 0.593. The van der Waals surface area contributed by atoms with Crippen LogP contribution in [-0.4, -0.2) is 23.9 Å². The largest absolute Gasteiger partial charge is 0.280 e. The third kappa shape index (κ3) is 4.52. The standard InChI is InChI=1S/C19H16ClFN2O4S2/c1-23(16-7-3-2-4-8-16)29(26,27)17-9-5-6-15(13-17)22-28(24,25)19-11-10-14(21)12-18(19)20/h2-13,22H,1H3. The zero-order valence-corrected chi connectivity index (χ0v) is 17.5. The topological polar surface area (TPSA) is 83.6 Å². The molecule has 0 amide bonds. The van der Waals surface area contributed by atoms with Gasteiger partial charge in [-0.1, -0.05) is 35.9 Å². The molecule has 6 nitrogen and oxygen atoms in total. The summed E-state index contributed by atoms with van der Waals surface area (Å²) < 4.78 is 67.5. The predicted molar refractivity (Wildman–Crippen MR) is 111 cm³/mol. The number of benzene rings is 3. The van der Waals surface area contributed by atoms with Crippen molar-refractivity contribution < 1.29 is 21.2 Å². The van der Waals surface area contributed by atoms with Crippen LogP contribution in [0.4, 0.5) is 15.8 Å². The number of hydrogen-bond acceptors (Lipinski definition) is 4. The lowest BCUT2D eigenvalue weighted by Crippen LogP contribution is -2.26. The molecular weight excluding hydrogens is 439 g/mol. The molecule has 29 heavy (non-hydrogen) atoms. The van der Waals surface area contributed by atoms with Crippen LogP contribution in [0.5, 0.6) is 0 Å². The molecule has 0 fully saturated rings. The van der Waals surface area contributed by atoms with Crippen LogP contribution < -0.4 is 9.03 Å². The molecule has 10 heteroatoms. The van der Waals surface area contributed by atoms with E-state index in [1.807, 2.05) is 0 Å². The summed E-state index contributed by atoms with van der Waals surface area (Å²) in [6.45, 7) is 0. The molecule has 1 N–H and O–H groups in total. The van der Waals surface area contributed by atoms with Gasteiger partial charge in [-0.25, -0.2) is 21.2 Å². The van der Waals surface area contributed by atoms with Crippen LogP contribution in [0.2, 0.25) is 5.02 Å². The lowest BCUT2D eigenvalue weighted by Gasteiger charge is -2.20. The number of anilines is 2. The fraction of sp³-hybridized carbons (Fsp3) is 0.0526. The maximum atomic E-state index is 13.2. The Balaban J connectivity index is 1.93. The van der Waals surface area contributed by atoms with Crippen LogP contribution in [0.3, 0.4) is 0 Å². The van der Waals surface area contributed by atoms with Crippen molar-refractivity contribution in [1.29, 1.82) is 0 Å². The van der Waals surface area contributed by atoms with Gasteiger partial charge >= 0.3 is 0 Å². The molecule has 0 aliphatic carbocycles. The molecule has 0 unspecified atom stereocenters. The zero-order chi connectivity index (χ0) is 21.2.